The van der Waals surface area contributed by atoms with Crippen molar-refractivity contribution >= 4 is 23.3 Å². The smallest absolute Gasteiger partial charge is 0.278 e. The number of fused-ring (bicyclic) bond motifs is 1. The van der Waals surface area contributed by atoms with Crippen molar-refractivity contribution in [2.24, 2.45) is 5.92 Å². The second kappa shape index (κ2) is 8.78. The Bertz CT molecular complexity index is 1170. The quantitative estimate of drug-likeness (QED) is 0.698. The van der Waals surface area contributed by atoms with Crippen molar-refractivity contribution in [3.8, 4) is 6.07 Å². The average Bonchev–Trinajstić information content (AvgIpc) is 3.50. The minimum atomic E-state index is -0.799. The Morgan fingerprint density at radius 3 is 2.78 bits per heavy atom. The van der Waals surface area contributed by atoms with Crippen LogP contribution in [-0.2, 0) is 16.0 Å². The van der Waals surface area contributed by atoms with Crippen molar-refractivity contribution in [3.63, 3.8) is 0 Å². The molecular formula is C22H23N5O5. The molecule has 166 valence electrons. The van der Waals surface area contributed by atoms with Gasteiger partial charge in [0.1, 0.15) is 29.3 Å². The van der Waals surface area contributed by atoms with Gasteiger partial charge in [0.15, 0.2) is 5.69 Å². The van der Waals surface area contributed by atoms with E-state index < -0.39 is 29.5 Å². The minimum absolute atomic E-state index is 0.0208. The molecule has 0 saturated heterocycles. The third kappa shape index (κ3) is 4.19. The zero-order chi connectivity index (χ0) is 22.8. The number of carbonyl (C=O) groups is 3. The first kappa shape index (κ1) is 21.5. The monoisotopic (exact) mass is 437 g/mol. The van der Waals surface area contributed by atoms with Crippen LogP contribution in [0.1, 0.15) is 60.1 Å². The molecule has 0 radical (unpaired) electrons. The molecule has 0 spiro atoms. The third-order valence-electron chi connectivity index (χ3n) is 6.02. The summed E-state index contributed by atoms with van der Waals surface area (Å²) in [5.41, 5.74) is 0.227. The van der Waals surface area contributed by atoms with Crippen LogP contribution in [-0.4, -0.2) is 33.4 Å². The van der Waals surface area contributed by atoms with E-state index in [0.717, 1.165) is 12.8 Å². The van der Waals surface area contributed by atoms with Crippen molar-refractivity contribution in [1.29, 1.82) is 5.26 Å². The Kier molecular flexibility index (Phi) is 5.90. The van der Waals surface area contributed by atoms with Crippen molar-refractivity contribution in [2.75, 3.05) is 5.32 Å². The van der Waals surface area contributed by atoms with Gasteiger partial charge in [0, 0.05) is 24.1 Å². The fraction of sp³-hybridized carbons (Fsp3) is 0.455. The largest absolute Gasteiger partial charge is 0.361 e. The van der Waals surface area contributed by atoms with Gasteiger partial charge in [0.05, 0.1) is 6.07 Å². The van der Waals surface area contributed by atoms with Crippen molar-refractivity contribution in [1.82, 2.24) is 15.0 Å². The minimum Gasteiger partial charge on any atom is -0.361 e. The molecule has 0 bridgehead atoms. The zero-order valence-corrected chi connectivity index (χ0v) is 17.6. The van der Waals surface area contributed by atoms with Crippen LogP contribution in [0.15, 0.2) is 27.5 Å². The second-order valence-electron chi connectivity index (χ2n) is 8.23. The maximum absolute atomic E-state index is 13.0. The van der Waals surface area contributed by atoms with E-state index in [2.05, 4.69) is 21.9 Å². The van der Waals surface area contributed by atoms with Gasteiger partial charge in [-0.1, -0.05) is 5.16 Å². The van der Waals surface area contributed by atoms with E-state index in [-0.39, 0.29) is 29.5 Å². The van der Waals surface area contributed by atoms with Gasteiger partial charge in [0.25, 0.3) is 11.5 Å². The van der Waals surface area contributed by atoms with Crippen LogP contribution >= 0.6 is 0 Å². The highest BCUT2D eigenvalue weighted by Gasteiger charge is 2.33. The summed E-state index contributed by atoms with van der Waals surface area (Å²) in [4.78, 5) is 50.2. The Balaban J connectivity index is 1.49. The Morgan fingerprint density at radius 2 is 2.12 bits per heavy atom. The van der Waals surface area contributed by atoms with Gasteiger partial charge in [-0.25, -0.2) is 0 Å². The molecule has 1 aliphatic heterocycles. The first-order chi connectivity index (χ1) is 15.4. The number of aryl methyl sites for hydroxylation is 2. The molecule has 3 atom stereocenters. The number of carbonyl (C=O) groups excluding carboxylic acids is 3. The summed E-state index contributed by atoms with van der Waals surface area (Å²) >= 11 is 0. The van der Waals surface area contributed by atoms with Gasteiger partial charge in [-0.05, 0) is 51.2 Å². The van der Waals surface area contributed by atoms with E-state index in [1.807, 2.05) is 0 Å². The summed E-state index contributed by atoms with van der Waals surface area (Å²) in [6.45, 7) is 1.65. The van der Waals surface area contributed by atoms with Gasteiger partial charge < -0.3 is 15.2 Å². The molecule has 1 aliphatic carbocycles. The van der Waals surface area contributed by atoms with E-state index in [9.17, 15) is 24.4 Å². The molecule has 3 unspecified atom stereocenters. The summed E-state index contributed by atoms with van der Waals surface area (Å²) in [5.74, 6) is -0.656. The van der Waals surface area contributed by atoms with Crippen LogP contribution < -0.4 is 16.2 Å². The lowest BCUT2D eigenvalue weighted by Gasteiger charge is -2.19. The predicted octanol–water partition coefficient (Wildman–Crippen LogP) is 1.65. The number of pyridine rings is 1. The van der Waals surface area contributed by atoms with Crippen molar-refractivity contribution in [2.45, 2.75) is 57.5 Å². The summed E-state index contributed by atoms with van der Waals surface area (Å²) in [5, 5.41) is 18.3. The molecule has 2 N–H and O–H groups in total. The molecule has 2 aromatic heterocycles. The molecule has 1 saturated carbocycles. The second-order valence-corrected chi connectivity index (χ2v) is 8.23. The van der Waals surface area contributed by atoms with Crippen molar-refractivity contribution < 1.29 is 18.9 Å². The molecule has 2 aliphatic rings. The number of hydrogen-bond donors (Lipinski definition) is 2. The number of amides is 2. The van der Waals surface area contributed by atoms with Crippen LogP contribution in [0.5, 0.6) is 0 Å². The lowest BCUT2D eigenvalue weighted by atomic mass is 9.98. The number of hydrogen-bond acceptors (Lipinski definition) is 7. The number of nitrogens with one attached hydrogen (secondary N) is 2. The van der Waals surface area contributed by atoms with Gasteiger partial charge >= 0.3 is 0 Å². The third-order valence-corrected chi connectivity index (χ3v) is 6.02. The van der Waals surface area contributed by atoms with Gasteiger partial charge in [-0.3, -0.25) is 23.7 Å². The Hall–Kier alpha value is -3.74. The van der Waals surface area contributed by atoms with E-state index in [0.29, 0.717) is 30.7 Å². The van der Waals surface area contributed by atoms with Gasteiger partial charge in [-0.2, -0.15) is 5.26 Å². The highest BCUT2D eigenvalue weighted by molar-refractivity contribution is 6.02. The van der Waals surface area contributed by atoms with E-state index in [1.165, 1.54) is 16.7 Å². The average molecular weight is 437 g/mol. The normalized spacial score (nSPS) is 20.4. The highest BCUT2D eigenvalue weighted by atomic mass is 16.5. The molecule has 4 rings (SSSR count). The Morgan fingerprint density at radius 1 is 1.31 bits per heavy atom. The fourth-order valence-corrected chi connectivity index (χ4v) is 4.39. The van der Waals surface area contributed by atoms with Gasteiger partial charge in [0.2, 0.25) is 5.91 Å². The van der Waals surface area contributed by atoms with Crippen LogP contribution in [0.4, 0.5) is 5.69 Å². The number of anilines is 1. The maximum Gasteiger partial charge on any atom is 0.278 e. The summed E-state index contributed by atoms with van der Waals surface area (Å²) in [6.07, 6.45) is 3.26. The molecule has 3 heterocycles. The van der Waals surface area contributed by atoms with Crippen LogP contribution in [0.2, 0.25) is 0 Å². The highest BCUT2D eigenvalue weighted by Crippen LogP contribution is 2.27. The predicted molar refractivity (Wildman–Crippen MR) is 112 cm³/mol. The molecule has 10 nitrogen and oxygen atoms in total. The number of ketones is 1. The molecule has 1 fully saturated rings. The molecule has 2 aromatic rings. The van der Waals surface area contributed by atoms with E-state index >= 15 is 0 Å². The molecular weight excluding hydrogens is 414 g/mol. The molecule has 2 amide bonds. The number of Topliss-reactive ketones (excluding diaryl/α,β-unsaturated/α-hetero) is 1. The number of aromatic nitrogens is 2. The van der Waals surface area contributed by atoms with Crippen LogP contribution in [0.3, 0.4) is 0 Å². The summed E-state index contributed by atoms with van der Waals surface area (Å²) in [6, 6.07) is 5.11. The lowest BCUT2D eigenvalue weighted by Crippen LogP contribution is -2.42. The van der Waals surface area contributed by atoms with E-state index in [4.69, 9.17) is 4.52 Å². The lowest BCUT2D eigenvalue weighted by molar-refractivity contribution is -0.125. The number of nitrogens with zero attached hydrogens (tertiary/aromatic N) is 3. The summed E-state index contributed by atoms with van der Waals surface area (Å²) < 4.78 is 6.24. The van der Waals surface area contributed by atoms with E-state index in [1.54, 1.807) is 13.0 Å². The molecule has 10 heteroatoms. The summed E-state index contributed by atoms with van der Waals surface area (Å²) in [7, 11) is 0. The van der Waals surface area contributed by atoms with Gasteiger partial charge in [-0.15, -0.1) is 0 Å². The topological polar surface area (TPSA) is 147 Å². The SMILES string of the molecule is Cc1cc(C(=O)Nc2ccc3n(c2=O)C(C(=O)NC(C#N)CC2CCCC2=O)CC3)no1. The maximum atomic E-state index is 13.0. The standard InChI is InChI=1S/C22H23N5O5/c1-12-9-17(26-32-12)20(29)25-16-7-5-15-6-8-18(27(15)22(16)31)21(30)24-14(11-23)10-13-3-2-4-19(13)28/h5,7,9,13-14,18H,2-4,6,8,10H2,1H3,(H,24,30)(H,25,29). The number of nitriles is 1. The first-order valence-electron chi connectivity index (χ1n) is 10.6. The molecule has 32 heavy (non-hydrogen) atoms. The zero-order valence-electron chi connectivity index (χ0n) is 17.6. The first-order valence-corrected chi connectivity index (χ1v) is 10.6. The fourth-order valence-electron chi connectivity index (χ4n) is 4.39. The van der Waals surface area contributed by atoms with Crippen LogP contribution in [0, 0.1) is 24.2 Å². The van der Waals surface area contributed by atoms with Crippen molar-refractivity contribution in [3.05, 3.63) is 45.7 Å². The van der Waals surface area contributed by atoms with Crippen LogP contribution in [0.25, 0.3) is 0 Å². The number of rotatable bonds is 6. The molecule has 0 aromatic carbocycles. The Labute approximate surface area is 183 Å².